The topological polar surface area (TPSA) is 78.9 Å². The summed E-state index contributed by atoms with van der Waals surface area (Å²) in [5.41, 5.74) is 0. The highest BCUT2D eigenvalue weighted by Crippen LogP contribution is 2.16. The summed E-state index contributed by atoms with van der Waals surface area (Å²) >= 11 is 0. The van der Waals surface area contributed by atoms with Crippen molar-refractivity contribution in [2.45, 2.75) is 348 Å². The molecular weight excluding hydrogens is 997 g/mol. The van der Waals surface area contributed by atoms with Crippen LogP contribution in [0.2, 0.25) is 0 Å². The predicted molar refractivity (Wildman–Crippen MR) is 353 cm³/mol. The number of allylic oxidation sites excluding steroid dienone is 16. The molecule has 0 aliphatic rings. The highest BCUT2D eigenvalue weighted by molar-refractivity contribution is 5.71. The van der Waals surface area contributed by atoms with Gasteiger partial charge < -0.3 is 14.2 Å². The molecule has 1 atom stereocenters. The van der Waals surface area contributed by atoms with Crippen LogP contribution in [0.25, 0.3) is 0 Å². The quantitative estimate of drug-likeness (QED) is 0.0261. The van der Waals surface area contributed by atoms with E-state index < -0.39 is 6.10 Å². The van der Waals surface area contributed by atoms with Gasteiger partial charge in [-0.05, 0) is 122 Å². The lowest BCUT2D eigenvalue weighted by molar-refractivity contribution is -0.167. The first-order valence-corrected chi connectivity index (χ1v) is 34.7. The fourth-order valence-corrected chi connectivity index (χ4v) is 9.85. The number of unbranched alkanes of at least 4 members (excludes halogenated alkanes) is 36. The number of esters is 3. The van der Waals surface area contributed by atoms with Gasteiger partial charge in [0.1, 0.15) is 13.2 Å². The first kappa shape index (κ1) is 77.3. The molecule has 81 heavy (non-hydrogen) atoms. The molecule has 0 saturated carbocycles. The maximum atomic E-state index is 12.9. The van der Waals surface area contributed by atoms with Crippen LogP contribution in [0.3, 0.4) is 0 Å². The number of rotatable bonds is 63. The van der Waals surface area contributed by atoms with Crippen molar-refractivity contribution in [1.29, 1.82) is 0 Å². The third kappa shape index (κ3) is 67.0. The van der Waals surface area contributed by atoms with E-state index in [1.54, 1.807) is 0 Å². The molecule has 6 nitrogen and oxygen atoms in total. The SMILES string of the molecule is CC/C=C\C/C=C\C/C=C\C/C=C\C/C=C\C/C=C\CCCCCCCCCCC(=O)OCC(COC(=O)CCCCCCCCC/C=C\CCCCCCCCC)OC(=O)CCCCCCCCC/C=C\CCCCCCCCC. The fourth-order valence-electron chi connectivity index (χ4n) is 9.85. The van der Waals surface area contributed by atoms with Crippen LogP contribution in [0.1, 0.15) is 342 Å². The molecule has 0 aliphatic heterocycles. The second kappa shape index (κ2) is 68.8. The van der Waals surface area contributed by atoms with Crippen LogP contribution < -0.4 is 0 Å². The summed E-state index contributed by atoms with van der Waals surface area (Å²) in [7, 11) is 0. The van der Waals surface area contributed by atoms with Crippen LogP contribution in [0.15, 0.2) is 97.2 Å². The van der Waals surface area contributed by atoms with E-state index in [-0.39, 0.29) is 31.1 Å². The Morgan fingerprint density at radius 1 is 0.259 bits per heavy atom. The zero-order valence-electron chi connectivity index (χ0n) is 53.5. The summed E-state index contributed by atoms with van der Waals surface area (Å²) in [4.78, 5) is 38.5. The minimum Gasteiger partial charge on any atom is -0.462 e. The summed E-state index contributed by atoms with van der Waals surface area (Å²) in [5.74, 6) is -0.884. The largest absolute Gasteiger partial charge is 0.462 e. The number of hydrogen-bond donors (Lipinski definition) is 0. The lowest BCUT2D eigenvalue weighted by Crippen LogP contribution is -2.30. The van der Waals surface area contributed by atoms with Gasteiger partial charge in [0.15, 0.2) is 6.10 Å². The van der Waals surface area contributed by atoms with Crippen molar-refractivity contribution in [3.8, 4) is 0 Å². The second-order valence-corrected chi connectivity index (χ2v) is 23.1. The van der Waals surface area contributed by atoms with Gasteiger partial charge in [-0.2, -0.15) is 0 Å². The molecule has 0 aliphatic carbocycles. The molecule has 0 heterocycles. The van der Waals surface area contributed by atoms with E-state index in [0.717, 1.165) is 103 Å². The van der Waals surface area contributed by atoms with Crippen molar-refractivity contribution in [1.82, 2.24) is 0 Å². The van der Waals surface area contributed by atoms with Gasteiger partial charge in [-0.25, -0.2) is 0 Å². The normalized spacial score (nSPS) is 12.7. The predicted octanol–water partition coefficient (Wildman–Crippen LogP) is 24.0. The van der Waals surface area contributed by atoms with Crippen LogP contribution in [0, 0.1) is 0 Å². The van der Waals surface area contributed by atoms with Crippen molar-refractivity contribution < 1.29 is 28.6 Å². The van der Waals surface area contributed by atoms with E-state index in [0.29, 0.717) is 19.3 Å². The van der Waals surface area contributed by atoms with E-state index in [1.807, 2.05) is 0 Å². The van der Waals surface area contributed by atoms with Crippen molar-refractivity contribution >= 4 is 17.9 Å². The monoisotopic (exact) mass is 1130 g/mol. The van der Waals surface area contributed by atoms with Crippen LogP contribution in [0.5, 0.6) is 0 Å². The third-order valence-corrected chi connectivity index (χ3v) is 15.0. The Bertz CT molecular complexity index is 1580. The average molecular weight is 1130 g/mol. The summed E-state index contributed by atoms with van der Waals surface area (Å²) in [6.07, 6.45) is 92.7. The molecule has 0 radical (unpaired) electrons. The molecule has 1 unspecified atom stereocenters. The maximum Gasteiger partial charge on any atom is 0.306 e. The molecule has 0 aromatic heterocycles. The van der Waals surface area contributed by atoms with E-state index in [2.05, 4.69) is 118 Å². The average Bonchev–Trinajstić information content (AvgIpc) is 3.47. The Hall–Kier alpha value is -3.67. The van der Waals surface area contributed by atoms with Gasteiger partial charge in [0.05, 0.1) is 0 Å². The van der Waals surface area contributed by atoms with Gasteiger partial charge in [0.2, 0.25) is 0 Å². The Kier molecular flexibility index (Phi) is 65.7. The Morgan fingerprint density at radius 2 is 0.481 bits per heavy atom. The second-order valence-electron chi connectivity index (χ2n) is 23.1. The zero-order chi connectivity index (χ0) is 58.5. The highest BCUT2D eigenvalue weighted by atomic mass is 16.6. The summed E-state index contributed by atoms with van der Waals surface area (Å²) in [5, 5.41) is 0. The van der Waals surface area contributed by atoms with E-state index in [1.165, 1.54) is 199 Å². The van der Waals surface area contributed by atoms with Crippen molar-refractivity contribution in [2.75, 3.05) is 13.2 Å². The molecule has 0 aromatic carbocycles. The lowest BCUT2D eigenvalue weighted by Gasteiger charge is -2.18. The minimum atomic E-state index is -0.787. The molecule has 0 rings (SSSR count). The van der Waals surface area contributed by atoms with Gasteiger partial charge in [0.25, 0.3) is 0 Å². The summed E-state index contributed by atoms with van der Waals surface area (Å²) in [6, 6.07) is 0. The van der Waals surface area contributed by atoms with Crippen LogP contribution in [-0.4, -0.2) is 37.2 Å². The molecule has 6 heteroatoms. The smallest absolute Gasteiger partial charge is 0.306 e. The fraction of sp³-hybridized carbons (Fsp3) is 0.747. The highest BCUT2D eigenvalue weighted by Gasteiger charge is 2.19. The van der Waals surface area contributed by atoms with Gasteiger partial charge in [0, 0.05) is 19.3 Å². The molecule has 0 spiro atoms. The van der Waals surface area contributed by atoms with Crippen molar-refractivity contribution in [2.24, 2.45) is 0 Å². The Labute approximate surface area is 502 Å². The molecule has 0 bridgehead atoms. The first-order valence-electron chi connectivity index (χ1n) is 34.7. The number of ether oxygens (including phenoxy) is 3. The number of carbonyl (C=O) groups excluding carboxylic acids is 3. The number of carbonyl (C=O) groups is 3. The molecule has 0 amide bonds. The maximum absolute atomic E-state index is 12.9. The molecule has 0 saturated heterocycles. The molecular formula is C75H130O6. The third-order valence-electron chi connectivity index (χ3n) is 15.0. The van der Waals surface area contributed by atoms with E-state index in [4.69, 9.17) is 14.2 Å². The first-order chi connectivity index (χ1) is 40.0. The molecule has 0 fully saturated rings. The zero-order valence-corrected chi connectivity index (χ0v) is 53.5. The van der Waals surface area contributed by atoms with Gasteiger partial charge >= 0.3 is 17.9 Å². The van der Waals surface area contributed by atoms with Gasteiger partial charge in [-0.15, -0.1) is 0 Å². The molecule has 0 aromatic rings. The van der Waals surface area contributed by atoms with Crippen LogP contribution in [0.4, 0.5) is 0 Å². The van der Waals surface area contributed by atoms with Gasteiger partial charge in [-0.1, -0.05) is 298 Å². The summed E-state index contributed by atoms with van der Waals surface area (Å²) < 4.78 is 17.0. The van der Waals surface area contributed by atoms with Crippen LogP contribution >= 0.6 is 0 Å². The van der Waals surface area contributed by atoms with Crippen LogP contribution in [-0.2, 0) is 28.6 Å². The minimum absolute atomic E-state index is 0.0823. The molecule has 466 valence electrons. The lowest BCUT2D eigenvalue weighted by atomic mass is 10.1. The van der Waals surface area contributed by atoms with Crippen molar-refractivity contribution in [3.63, 3.8) is 0 Å². The molecule has 0 N–H and O–H groups in total. The Morgan fingerprint density at radius 3 is 0.765 bits per heavy atom. The standard InChI is InChI=1S/C75H130O6/c1-4-7-10-13-16-19-22-25-28-31-34-35-36-37-38-39-40-41-42-45-47-50-53-56-59-62-65-68-74(77)80-71-72(81-75(78)69-66-63-60-57-54-51-48-44-33-30-27-24-21-18-15-12-9-6-3)70-79-73(76)67-64-61-58-55-52-49-46-43-32-29-26-23-20-17-14-11-8-5-2/h7,10,16,19,25,28-30,32-35,37-38,40-41,72H,4-6,8-9,11-15,17-18,20-24,26-27,31,36,39,42-71H2,1-3H3/b10-7-,19-16-,28-25-,32-29-,33-30-,35-34-,38-37-,41-40-. The van der Waals surface area contributed by atoms with E-state index >= 15 is 0 Å². The van der Waals surface area contributed by atoms with Gasteiger partial charge in [-0.3, -0.25) is 14.4 Å². The van der Waals surface area contributed by atoms with E-state index in [9.17, 15) is 14.4 Å². The summed E-state index contributed by atoms with van der Waals surface area (Å²) in [6.45, 7) is 6.55. The Balaban J connectivity index is 4.37. The number of hydrogen-bond acceptors (Lipinski definition) is 6. The van der Waals surface area contributed by atoms with Crippen molar-refractivity contribution in [3.05, 3.63) is 97.2 Å².